The number of fused-ring (bicyclic) bond motifs is 1. The van der Waals surface area contributed by atoms with Gasteiger partial charge in [-0.05, 0) is 63.0 Å². The first-order valence-electron chi connectivity index (χ1n) is 11.6. The average molecular weight is 461 g/mol. The molecule has 2 aliphatic heterocycles. The predicted molar refractivity (Wildman–Crippen MR) is 130 cm³/mol. The highest BCUT2D eigenvalue weighted by molar-refractivity contribution is 8.14. The Bertz CT molecular complexity index is 950. The van der Waals surface area contributed by atoms with Crippen LogP contribution in [-0.2, 0) is 0 Å². The lowest BCUT2D eigenvalue weighted by molar-refractivity contribution is -0.791. The molecule has 168 valence electrons. The molecule has 6 nitrogen and oxygen atoms in total. The van der Waals surface area contributed by atoms with Gasteiger partial charge < -0.3 is 10.1 Å². The van der Waals surface area contributed by atoms with Gasteiger partial charge in [0.25, 0.3) is 0 Å². The van der Waals surface area contributed by atoms with Gasteiger partial charge in [0.1, 0.15) is 12.4 Å². The van der Waals surface area contributed by atoms with Crippen LogP contribution in [0.25, 0.3) is 10.1 Å². The van der Waals surface area contributed by atoms with Crippen LogP contribution in [-0.4, -0.2) is 70.3 Å². The molecule has 5 rings (SSSR count). The van der Waals surface area contributed by atoms with Gasteiger partial charge in [-0.1, -0.05) is 12.8 Å². The van der Waals surface area contributed by atoms with E-state index in [0.717, 1.165) is 64.2 Å². The van der Waals surface area contributed by atoms with Crippen molar-refractivity contribution in [3.8, 4) is 0 Å². The molecule has 0 radical (unpaired) electrons. The number of thiophene rings is 1. The van der Waals surface area contributed by atoms with Crippen molar-refractivity contribution >= 4 is 44.2 Å². The van der Waals surface area contributed by atoms with E-state index in [1.165, 1.54) is 39.6 Å². The van der Waals surface area contributed by atoms with Crippen LogP contribution in [0.3, 0.4) is 0 Å². The number of piperazine rings is 1. The van der Waals surface area contributed by atoms with Crippen molar-refractivity contribution in [2.45, 2.75) is 50.2 Å². The number of rotatable bonds is 6. The standard InChI is InChI=1S/C23H32N4O2S2/c1-18-16-19-20(30-18)6-9-24-21(19)26-13-11-25(12-14-26)10-4-5-15-27(29)17-23(31-22(27)28)7-2-3-8-23/h6,9,16H,2-5,7-8,10-15,17H2,1H3. The van der Waals surface area contributed by atoms with Crippen molar-refractivity contribution < 1.29 is 9.44 Å². The normalized spacial score (nSPS) is 26.5. The van der Waals surface area contributed by atoms with Crippen molar-refractivity contribution in [2.75, 3.05) is 50.7 Å². The van der Waals surface area contributed by atoms with E-state index in [1.807, 2.05) is 17.5 Å². The maximum absolute atomic E-state index is 13.1. The number of anilines is 1. The highest BCUT2D eigenvalue weighted by Gasteiger charge is 2.53. The zero-order valence-electron chi connectivity index (χ0n) is 18.3. The van der Waals surface area contributed by atoms with E-state index in [-0.39, 0.29) is 9.99 Å². The van der Waals surface area contributed by atoms with Gasteiger partial charge in [0.15, 0.2) is 0 Å². The van der Waals surface area contributed by atoms with Crippen LogP contribution in [0.4, 0.5) is 10.6 Å². The highest BCUT2D eigenvalue weighted by atomic mass is 32.2. The summed E-state index contributed by atoms with van der Waals surface area (Å²) in [6.07, 6.45) is 8.18. The van der Waals surface area contributed by atoms with E-state index < -0.39 is 4.65 Å². The number of aryl methyl sites for hydroxylation is 1. The van der Waals surface area contributed by atoms with Crippen LogP contribution in [0.1, 0.15) is 43.4 Å². The fourth-order valence-corrected chi connectivity index (χ4v) is 7.87. The van der Waals surface area contributed by atoms with Gasteiger partial charge in [-0.2, -0.15) is 0 Å². The number of carbonyl (C=O) groups excluding carboxylic acids is 1. The summed E-state index contributed by atoms with van der Waals surface area (Å²) in [5, 5.41) is 14.2. The number of hydrogen-bond donors (Lipinski definition) is 0. The number of unbranched alkanes of at least 4 members (excludes halogenated alkanes) is 1. The second-order valence-corrected chi connectivity index (χ2v) is 12.2. The molecule has 1 aliphatic carbocycles. The number of nitrogens with zero attached hydrogens (tertiary/aromatic N) is 4. The molecule has 0 aromatic carbocycles. The Kier molecular flexibility index (Phi) is 6.03. The van der Waals surface area contributed by atoms with E-state index in [9.17, 15) is 10.0 Å². The molecule has 0 N–H and O–H groups in total. The largest absolute Gasteiger partial charge is 0.625 e. The Morgan fingerprint density at radius 2 is 1.97 bits per heavy atom. The van der Waals surface area contributed by atoms with Gasteiger partial charge in [0.05, 0.1) is 11.3 Å². The number of aromatic nitrogens is 1. The summed E-state index contributed by atoms with van der Waals surface area (Å²) in [7, 11) is 0. The number of thioether (sulfide) groups is 1. The molecule has 0 bridgehead atoms. The quantitative estimate of drug-likeness (QED) is 0.343. The first-order chi connectivity index (χ1) is 15.0. The molecule has 1 spiro atoms. The summed E-state index contributed by atoms with van der Waals surface area (Å²) >= 11 is 3.20. The molecule has 31 heavy (non-hydrogen) atoms. The third-order valence-corrected chi connectivity index (χ3v) is 9.65. The third kappa shape index (κ3) is 4.37. The van der Waals surface area contributed by atoms with Crippen LogP contribution in [0.2, 0.25) is 0 Å². The Morgan fingerprint density at radius 1 is 1.19 bits per heavy atom. The second kappa shape index (κ2) is 8.63. The second-order valence-electron chi connectivity index (χ2n) is 9.47. The summed E-state index contributed by atoms with van der Waals surface area (Å²) in [5.74, 6) is 1.12. The maximum Gasteiger partial charge on any atom is 0.375 e. The maximum atomic E-state index is 13.1. The summed E-state index contributed by atoms with van der Waals surface area (Å²) in [4.78, 5) is 23.3. The van der Waals surface area contributed by atoms with Crippen molar-refractivity contribution in [1.29, 1.82) is 0 Å². The molecule has 8 heteroatoms. The molecule has 3 fully saturated rings. The molecule has 2 saturated heterocycles. The van der Waals surface area contributed by atoms with E-state index in [0.29, 0.717) is 13.1 Å². The zero-order valence-corrected chi connectivity index (χ0v) is 20.0. The van der Waals surface area contributed by atoms with Gasteiger partial charge in [-0.15, -0.1) is 11.3 Å². The molecular formula is C23H32N4O2S2. The Hall–Kier alpha value is -1.19. The molecule has 1 unspecified atom stereocenters. The van der Waals surface area contributed by atoms with Gasteiger partial charge in [-0.25, -0.2) is 9.78 Å². The minimum atomic E-state index is -0.589. The molecule has 1 saturated carbocycles. The average Bonchev–Trinajstić information content (AvgIpc) is 3.43. The van der Waals surface area contributed by atoms with E-state index in [2.05, 4.69) is 33.8 Å². The van der Waals surface area contributed by atoms with Gasteiger partial charge >= 0.3 is 5.24 Å². The number of pyridine rings is 1. The smallest absolute Gasteiger partial charge is 0.375 e. The molecular weight excluding hydrogens is 428 g/mol. The zero-order chi connectivity index (χ0) is 21.5. The molecule has 3 aliphatic rings. The molecule has 4 heterocycles. The fourth-order valence-electron chi connectivity index (χ4n) is 5.49. The lowest BCUT2D eigenvalue weighted by atomic mass is 10.1. The predicted octanol–water partition coefficient (Wildman–Crippen LogP) is 5.00. The van der Waals surface area contributed by atoms with Crippen molar-refractivity contribution in [1.82, 2.24) is 9.88 Å². The lowest BCUT2D eigenvalue weighted by Gasteiger charge is -2.37. The lowest BCUT2D eigenvalue weighted by Crippen LogP contribution is -2.47. The SMILES string of the molecule is Cc1cc2c(N3CCN(CCCC[N+]4([O-])CC5(CCCC5)SC4=O)CC3)nccc2s1. The topological polar surface area (TPSA) is 59.5 Å². The fraction of sp³-hybridized carbons (Fsp3) is 0.652. The number of amides is 1. The van der Waals surface area contributed by atoms with Crippen LogP contribution >= 0.6 is 23.1 Å². The first-order valence-corrected chi connectivity index (χ1v) is 13.2. The monoisotopic (exact) mass is 460 g/mol. The first kappa shape index (κ1) is 21.6. The van der Waals surface area contributed by atoms with Crippen LogP contribution in [0, 0.1) is 12.1 Å². The molecule has 1 amide bonds. The number of quaternary nitrogens is 1. The number of hydroxylamine groups is 3. The highest BCUT2D eigenvalue weighted by Crippen LogP contribution is 2.50. The van der Waals surface area contributed by atoms with E-state index >= 15 is 0 Å². The summed E-state index contributed by atoms with van der Waals surface area (Å²) in [5.41, 5.74) is 0. The van der Waals surface area contributed by atoms with Crippen LogP contribution < -0.4 is 4.90 Å². The van der Waals surface area contributed by atoms with Crippen molar-refractivity contribution in [2.24, 2.45) is 0 Å². The Balaban J connectivity index is 1.08. The molecule has 1 atom stereocenters. The Labute approximate surface area is 192 Å². The van der Waals surface area contributed by atoms with Gasteiger partial charge in [-0.3, -0.25) is 9.55 Å². The third-order valence-electron chi connectivity index (χ3n) is 7.16. The molecule has 2 aromatic rings. The minimum Gasteiger partial charge on any atom is -0.625 e. The van der Waals surface area contributed by atoms with E-state index in [4.69, 9.17) is 0 Å². The van der Waals surface area contributed by atoms with Crippen molar-refractivity contribution in [3.63, 3.8) is 0 Å². The summed E-state index contributed by atoms with van der Waals surface area (Å²) in [6, 6.07) is 4.36. The molecule has 2 aromatic heterocycles. The number of carbonyl (C=O) groups is 1. The summed E-state index contributed by atoms with van der Waals surface area (Å²) < 4.78 is 0.690. The van der Waals surface area contributed by atoms with Crippen LogP contribution in [0.5, 0.6) is 0 Å². The van der Waals surface area contributed by atoms with Gasteiger partial charge in [0.2, 0.25) is 0 Å². The Morgan fingerprint density at radius 3 is 2.74 bits per heavy atom. The van der Waals surface area contributed by atoms with Gasteiger partial charge in [0, 0.05) is 47.3 Å². The van der Waals surface area contributed by atoms with Crippen LogP contribution in [0.15, 0.2) is 18.3 Å². The summed E-state index contributed by atoms with van der Waals surface area (Å²) in [6.45, 7) is 8.15. The minimum absolute atomic E-state index is 0.0347. The number of hydrogen-bond acceptors (Lipinski definition) is 7. The van der Waals surface area contributed by atoms with E-state index in [1.54, 1.807) is 0 Å². The van der Waals surface area contributed by atoms with Crippen molar-refractivity contribution in [3.05, 3.63) is 28.4 Å².